The van der Waals surface area contributed by atoms with Gasteiger partial charge in [-0.05, 0) is 54.1 Å². The largest absolute Gasteiger partial charge is 0.508 e. The maximum atomic E-state index is 13.4. The number of likely N-dealkylation sites (N-methyl/N-ethyl adjacent to an activating group) is 1. The lowest BCUT2D eigenvalue weighted by atomic mass is 10.0. The molecule has 3 aromatic rings. The zero-order valence-electron chi connectivity index (χ0n) is 23.5. The van der Waals surface area contributed by atoms with Gasteiger partial charge in [-0.25, -0.2) is 0 Å². The molecule has 12 heteroatoms. The molecule has 4 rings (SSSR count). The van der Waals surface area contributed by atoms with Gasteiger partial charge in [-0.2, -0.15) is 0 Å². The summed E-state index contributed by atoms with van der Waals surface area (Å²) in [6, 6.07) is 17.3. The van der Waals surface area contributed by atoms with Crippen molar-refractivity contribution in [2.75, 3.05) is 33.4 Å². The maximum Gasteiger partial charge on any atom is 0.255 e. The summed E-state index contributed by atoms with van der Waals surface area (Å²) in [4.78, 5) is 54.6. The minimum Gasteiger partial charge on any atom is -0.508 e. The first-order valence-corrected chi connectivity index (χ1v) is 14.1. The summed E-state index contributed by atoms with van der Waals surface area (Å²) >= 11 is 5.89. The van der Waals surface area contributed by atoms with Crippen molar-refractivity contribution in [3.8, 4) is 17.2 Å². The highest BCUT2D eigenvalue weighted by Gasteiger charge is 2.30. The minimum absolute atomic E-state index is 0.0721. The Morgan fingerprint density at radius 2 is 1.77 bits per heavy atom. The van der Waals surface area contributed by atoms with E-state index in [1.54, 1.807) is 67.7 Å². The first-order valence-electron chi connectivity index (χ1n) is 13.7. The molecule has 1 heterocycles. The molecular formula is C31H33ClN4O7. The zero-order chi connectivity index (χ0) is 30.8. The highest BCUT2D eigenvalue weighted by atomic mass is 35.5. The molecule has 0 bridgehead atoms. The summed E-state index contributed by atoms with van der Waals surface area (Å²) in [6.07, 6.45) is -0.286. The lowest BCUT2D eigenvalue weighted by Crippen LogP contribution is -2.53. The molecule has 1 aliphatic heterocycles. The van der Waals surface area contributed by atoms with E-state index in [4.69, 9.17) is 21.1 Å². The first-order chi connectivity index (χ1) is 20.7. The fourth-order valence-corrected chi connectivity index (χ4v) is 4.52. The molecular weight excluding hydrogens is 576 g/mol. The topological polar surface area (TPSA) is 146 Å². The second-order valence-electron chi connectivity index (χ2n) is 9.92. The van der Waals surface area contributed by atoms with Crippen LogP contribution in [0.1, 0.15) is 22.3 Å². The van der Waals surface area contributed by atoms with Crippen LogP contribution in [0.5, 0.6) is 17.2 Å². The van der Waals surface area contributed by atoms with Crippen molar-refractivity contribution < 1.29 is 33.8 Å². The Hall–Kier alpha value is -4.77. The van der Waals surface area contributed by atoms with Crippen molar-refractivity contribution in [2.24, 2.45) is 0 Å². The second-order valence-corrected chi connectivity index (χ2v) is 10.4. The van der Waals surface area contributed by atoms with Crippen LogP contribution < -0.4 is 25.4 Å². The van der Waals surface area contributed by atoms with E-state index in [0.29, 0.717) is 16.3 Å². The lowest BCUT2D eigenvalue weighted by molar-refractivity contribution is -0.136. The molecule has 0 unspecified atom stereocenters. The summed E-state index contributed by atoms with van der Waals surface area (Å²) in [5, 5.41) is 18.3. The SMILES string of the molecule is CN1CCOc2ccccc2C(=O)N[C@H](C(=O)NCCOc2ccc(Cl)cc2)CC(=O)N[C@@H](Cc2ccc(O)cc2)C1=O. The van der Waals surface area contributed by atoms with Crippen LogP contribution in [0.3, 0.4) is 0 Å². The van der Waals surface area contributed by atoms with Crippen LogP contribution in [-0.4, -0.2) is 79.1 Å². The molecule has 4 N–H and O–H groups in total. The number of carbonyl (C=O) groups excluding carboxylic acids is 4. The molecule has 4 amide bonds. The molecule has 2 atom stereocenters. The van der Waals surface area contributed by atoms with Crippen molar-refractivity contribution in [2.45, 2.75) is 24.9 Å². The number of para-hydroxylation sites is 1. The third-order valence-corrected chi connectivity index (χ3v) is 6.95. The second kappa shape index (κ2) is 14.9. The number of amides is 4. The Bertz CT molecular complexity index is 1430. The smallest absolute Gasteiger partial charge is 0.255 e. The molecule has 43 heavy (non-hydrogen) atoms. The summed E-state index contributed by atoms with van der Waals surface area (Å²) < 4.78 is 11.4. The number of hydrogen-bond acceptors (Lipinski definition) is 7. The Morgan fingerprint density at radius 1 is 1.05 bits per heavy atom. The number of phenolic OH excluding ortho intramolecular Hbond substituents is 1. The number of hydrogen-bond donors (Lipinski definition) is 4. The van der Waals surface area contributed by atoms with E-state index >= 15 is 0 Å². The van der Waals surface area contributed by atoms with Gasteiger partial charge in [0.15, 0.2) is 0 Å². The number of aromatic hydroxyl groups is 1. The summed E-state index contributed by atoms with van der Waals surface area (Å²) in [6.45, 7) is 0.512. The number of nitrogens with one attached hydrogen (secondary N) is 3. The summed E-state index contributed by atoms with van der Waals surface area (Å²) in [7, 11) is 1.59. The van der Waals surface area contributed by atoms with Gasteiger partial charge in [-0.15, -0.1) is 0 Å². The lowest BCUT2D eigenvalue weighted by Gasteiger charge is -2.27. The van der Waals surface area contributed by atoms with Crippen LogP contribution in [0.4, 0.5) is 0 Å². The normalized spacial score (nSPS) is 17.9. The van der Waals surface area contributed by atoms with E-state index in [1.165, 1.54) is 17.0 Å². The number of phenols is 1. The monoisotopic (exact) mass is 608 g/mol. The number of nitrogens with zero attached hydrogens (tertiary/aromatic N) is 1. The highest BCUT2D eigenvalue weighted by molar-refractivity contribution is 6.30. The molecule has 226 valence electrons. The van der Waals surface area contributed by atoms with Crippen molar-refractivity contribution in [3.05, 3.63) is 88.9 Å². The molecule has 3 aromatic carbocycles. The molecule has 0 saturated heterocycles. The van der Waals surface area contributed by atoms with Crippen molar-refractivity contribution in [3.63, 3.8) is 0 Å². The molecule has 0 aliphatic carbocycles. The predicted molar refractivity (Wildman–Crippen MR) is 159 cm³/mol. The maximum absolute atomic E-state index is 13.4. The van der Waals surface area contributed by atoms with Crippen molar-refractivity contribution in [1.82, 2.24) is 20.9 Å². The predicted octanol–water partition coefficient (Wildman–Crippen LogP) is 2.31. The Kier molecular flexibility index (Phi) is 10.8. The Labute approximate surface area is 254 Å². The van der Waals surface area contributed by atoms with Crippen LogP contribution in [-0.2, 0) is 20.8 Å². The molecule has 1 aliphatic rings. The number of halogens is 1. The fourth-order valence-electron chi connectivity index (χ4n) is 4.40. The van der Waals surface area contributed by atoms with Gasteiger partial charge in [0.2, 0.25) is 17.7 Å². The Balaban J connectivity index is 1.51. The molecule has 11 nitrogen and oxygen atoms in total. The Morgan fingerprint density at radius 3 is 2.51 bits per heavy atom. The van der Waals surface area contributed by atoms with Crippen LogP contribution in [0.15, 0.2) is 72.8 Å². The molecule has 0 aromatic heterocycles. The summed E-state index contributed by atoms with van der Waals surface area (Å²) in [5.41, 5.74) is 0.891. The third kappa shape index (κ3) is 9.11. The van der Waals surface area contributed by atoms with E-state index in [1.807, 2.05) is 0 Å². The van der Waals surface area contributed by atoms with Gasteiger partial charge >= 0.3 is 0 Å². The molecule has 0 fully saturated rings. The number of fused-ring (bicyclic) bond motifs is 1. The van der Waals surface area contributed by atoms with Crippen molar-refractivity contribution >= 4 is 35.2 Å². The van der Waals surface area contributed by atoms with E-state index in [0.717, 1.165) is 0 Å². The van der Waals surface area contributed by atoms with Crippen LogP contribution >= 0.6 is 11.6 Å². The van der Waals surface area contributed by atoms with E-state index in [2.05, 4.69) is 16.0 Å². The van der Waals surface area contributed by atoms with Gasteiger partial charge in [0.25, 0.3) is 5.91 Å². The number of carbonyl (C=O) groups is 4. The van der Waals surface area contributed by atoms with Gasteiger partial charge in [-0.1, -0.05) is 35.9 Å². The van der Waals surface area contributed by atoms with Crippen LogP contribution in [0.2, 0.25) is 5.02 Å². The number of benzene rings is 3. The molecule has 0 spiro atoms. The average molecular weight is 609 g/mol. The first kappa shape index (κ1) is 31.2. The number of ether oxygens (including phenoxy) is 2. The fraction of sp³-hybridized carbons (Fsp3) is 0.290. The van der Waals surface area contributed by atoms with Gasteiger partial charge < -0.3 is 35.4 Å². The van der Waals surface area contributed by atoms with Crippen molar-refractivity contribution in [1.29, 1.82) is 0 Å². The highest BCUT2D eigenvalue weighted by Crippen LogP contribution is 2.19. The van der Waals surface area contributed by atoms with E-state index < -0.39 is 36.2 Å². The van der Waals surface area contributed by atoms with E-state index in [9.17, 15) is 24.3 Å². The quantitative estimate of drug-likeness (QED) is 0.301. The van der Waals surface area contributed by atoms with Gasteiger partial charge in [0.05, 0.1) is 25.1 Å². The average Bonchev–Trinajstić information content (AvgIpc) is 2.99. The van der Waals surface area contributed by atoms with Gasteiger partial charge in [0.1, 0.15) is 42.5 Å². The van der Waals surface area contributed by atoms with Crippen LogP contribution in [0.25, 0.3) is 0 Å². The zero-order valence-corrected chi connectivity index (χ0v) is 24.3. The third-order valence-electron chi connectivity index (χ3n) is 6.70. The standard InChI is InChI=1S/C31H33ClN4O7/c1-36-15-17-43-27-5-3-2-4-24(27)29(39)35-25(30(40)33-14-16-42-23-12-8-21(32)9-13-23)19-28(38)34-26(31(36)41)18-20-6-10-22(37)11-7-20/h2-13,25-26,37H,14-19H2,1H3,(H,33,40)(H,34,38)(H,35,39)/t25-,26-/m0/s1. The molecule has 0 saturated carbocycles. The number of rotatable bonds is 7. The minimum atomic E-state index is -1.26. The van der Waals surface area contributed by atoms with Crippen LogP contribution in [0, 0.1) is 0 Å². The van der Waals surface area contributed by atoms with Gasteiger partial charge in [-0.3, -0.25) is 19.2 Å². The molecule has 0 radical (unpaired) electrons. The van der Waals surface area contributed by atoms with E-state index in [-0.39, 0.29) is 55.7 Å². The summed E-state index contributed by atoms with van der Waals surface area (Å²) in [5.74, 6) is -1.25. The van der Waals surface area contributed by atoms with Gasteiger partial charge in [0, 0.05) is 18.5 Å².